The third-order valence-corrected chi connectivity index (χ3v) is 5.47. The maximum Gasteiger partial charge on any atom is 0.508 e. The molecule has 0 N–H and O–H groups in total. The first-order valence-electron chi connectivity index (χ1n) is 9.65. The highest BCUT2D eigenvalue weighted by Gasteiger charge is 2.29. The fourth-order valence-electron chi connectivity index (χ4n) is 3.94. The van der Waals surface area contributed by atoms with Crippen LogP contribution in [0.15, 0.2) is 4.42 Å². The van der Waals surface area contributed by atoms with Crippen LogP contribution in [0.25, 0.3) is 11.1 Å². The number of hydrogen-bond donors (Lipinski definition) is 0. The summed E-state index contributed by atoms with van der Waals surface area (Å²) < 4.78 is 16.3. The smallest absolute Gasteiger partial charge is 0.442 e. The minimum absolute atomic E-state index is 0.122. The molecule has 1 aliphatic carbocycles. The lowest BCUT2D eigenvalue weighted by atomic mass is 9.96. The Kier molecular flexibility index (Phi) is 5.38. The number of carbonyl (C=O) groups excluding carboxylic acids is 1. The zero-order valence-corrected chi connectivity index (χ0v) is 16.3. The van der Waals surface area contributed by atoms with Crippen LogP contribution in [0.1, 0.15) is 49.8 Å². The average Bonchev–Trinajstić information content (AvgIpc) is 3.06. The Morgan fingerprint density at radius 1 is 1.26 bits per heavy atom. The van der Waals surface area contributed by atoms with Crippen molar-refractivity contribution < 1.29 is 18.7 Å². The van der Waals surface area contributed by atoms with Crippen molar-refractivity contribution in [2.75, 3.05) is 24.6 Å². The first-order valence-corrected chi connectivity index (χ1v) is 10.2. The van der Waals surface area contributed by atoms with Crippen LogP contribution in [0, 0.1) is 0 Å². The quantitative estimate of drug-likeness (QED) is 0.574. The van der Waals surface area contributed by atoms with Gasteiger partial charge in [0, 0.05) is 37.9 Å². The topological polar surface area (TPSA) is 77.7 Å². The molecular weight excluding hydrogens is 370 g/mol. The van der Waals surface area contributed by atoms with Gasteiger partial charge in [0.1, 0.15) is 23.5 Å². The van der Waals surface area contributed by atoms with Crippen molar-refractivity contribution in [3.8, 4) is 0 Å². The highest BCUT2D eigenvalue weighted by molar-refractivity contribution is 6.16. The van der Waals surface area contributed by atoms with E-state index in [0.29, 0.717) is 18.1 Å². The molecule has 0 unspecified atom stereocenters. The maximum absolute atomic E-state index is 11.5. The summed E-state index contributed by atoms with van der Waals surface area (Å²) in [6, 6.07) is 0. The van der Waals surface area contributed by atoms with E-state index in [1.807, 2.05) is 0 Å². The fraction of sp³-hybridized carbons (Fsp3) is 0.632. The van der Waals surface area contributed by atoms with Gasteiger partial charge < -0.3 is 18.8 Å². The second-order valence-electron chi connectivity index (χ2n) is 6.98. The molecular formula is C19H24ClN3O4. The summed E-state index contributed by atoms with van der Waals surface area (Å²) in [5.41, 5.74) is 1.89. The lowest BCUT2D eigenvalue weighted by molar-refractivity contribution is 0.0183. The summed E-state index contributed by atoms with van der Waals surface area (Å²) in [7, 11) is 0. The second-order valence-corrected chi connectivity index (χ2v) is 7.24. The molecule has 1 fully saturated rings. The standard InChI is InChI=1S/C19H24ClN3O4/c1-2-25-19(24)26-12-7-9-23(10-8-12)17-16-13-5-3-4-6-14(13)27-18(16)22-15(11-20)21-17/h12H,2-11H2,1H3. The van der Waals surface area contributed by atoms with E-state index in [-0.39, 0.29) is 12.0 Å². The summed E-state index contributed by atoms with van der Waals surface area (Å²) >= 11 is 6.02. The van der Waals surface area contributed by atoms with Crippen molar-refractivity contribution in [1.29, 1.82) is 0 Å². The number of aromatic nitrogens is 2. The Morgan fingerprint density at radius 3 is 2.78 bits per heavy atom. The van der Waals surface area contributed by atoms with Crippen LogP contribution in [0.4, 0.5) is 10.6 Å². The van der Waals surface area contributed by atoms with Crippen molar-refractivity contribution in [3.05, 3.63) is 17.1 Å². The molecule has 0 bridgehead atoms. The molecule has 3 heterocycles. The van der Waals surface area contributed by atoms with Crippen LogP contribution in [0.2, 0.25) is 0 Å². The fourth-order valence-corrected chi connectivity index (χ4v) is 4.06. The molecule has 1 aliphatic heterocycles. The van der Waals surface area contributed by atoms with Crippen molar-refractivity contribution in [2.24, 2.45) is 0 Å². The van der Waals surface area contributed by atoms with Crippen LogP contribution in [0.3, 0.4) is 0 Å². The number of nitrogens with zero attached hydrogens (tertiary/aromatic N) is 3. The molecule has 8 heteroatoms. The summed E-state index contributed by atoms with van der Waals surface area (Å²) in [6.45, 7) is 3.59. The first-order chi connectivity index (χ1) is 13.2. The minimum atomic E-state index is -0.589. The summed E-state index contributed by atoms with van der Waals surface area (Å²) in [6.07, 6.45) is 5.03. The molecule has 0 aromatic carbocycles. The van der Waals surface area contributed by atoms with Gasteiger partial charge in [0.2, 0.25) is 5.71 Å². The predicted octanol–water partition coefficient (Wildman–Crippen LogP) is 3.98. The van der Waals surface area contributed by atoms with Crippen LogP contribution in [0.5, 0.6) is 0 Å². The summed E-state index contributed by atoms with van der Waals surface area (Å²) in [4.78, 5) is 23.0. The second kappa shape index (κ2) is 7.92. The van der Waals surface area contributed by atoms with Crippen LogP contribution in [-0.2, 0) is 28.2 Å². The third kappa shape index (κ3) is 3.70. The largest absolute Gasteiger partial charge is 0.508 e. The monoisotopic (exact) mass is 393 g/mol. The molecule has 146 valence electrons. The molecule has 2 aromatic heterocycles. The lowest BCUT2D eigenvalue weighted by Crippen LogP contribution is -2.38. The van der Waals surface area contributed by atoms with E-state index in [1.54, 1.807) is 6.92 Å². The van der Waals surface area contributed by atoms with E-state index >= 15 is 0 Å². The normalized spacial score (nSPS) is 17.8. The number of aryl methyl sites for hydroxylation is 2. The van der Waals surface area contributed by atoms with Gasteiger partial charge in [-0.1, -0.05) is 0 Å². The van der Waals surface area contributed by atoms with E-state index in [9.17, 15) is 4.79 Å². The number of piperidine rings is 1. The molecule has 0 spiro atoms. The van der Waals surface area contributed by atoms with Crippen molar-refractivity contribution in [3.63, 3.8) is 0 Å². The van der Waals surface area contributed by atoms with E-state index in [0.717, 1.165) is 68.6 Å². The zero-order chi connectivity index (χ0) is 18.8. The highest BCUT2D eigenvalue weighted by Crippen LogP contribution is 2.37. The molecule has 2 aliphatic rings. The van der Waals surface area contributed by atoms with Crippen molar-refractivity contribution in [2.45, 2.75) is 57.4 Å². The van der Waals surface area contributed by atoms with E-state index < -0.39 is 6.16 Å². The van der Waals surface area contributed by atoms with Crippen LogP contribution >= 0.6 is 11.6 Å². The predicted molar refractivity (Wildman–Crippen MR) is 101 cm³/mol. The highest BCUT2D eigenvalue weighted by atomic mass is 35.5. The molecule has 0 amide bonds. The molecule has 4 rings (SSSR count). The van der Waals surface area contributed by atoms with Gasteiger partial charge in [-0.2, -0.15) is 4.98 Å². The minimum Gasteiger partial charge on any atom is -0.442 e. The van der Waals surface area contributed by atoms with Gasteiger partial charge in [-0.25, -0.2) is 9.78 Å². The van der Waals surface area contributed by atoms with Crippen molar-refractivity contribution >= 4 is 34.7 Å². The molecule has 2 aromatic rings. The van der Waals surface area contributed by atoms with Crippen LogP contribution in [-0.4, -0.2) is 41.9 Å². The van der Waals surface area contributed by atoms with Gasteiger partial charge in [-0.05, 0) is 26.2 Å². The number of carbonyl (C=O) groups is 1. The number of rotatable bonds is 4. The molecule has 0 radical (unpaired) electrons. The van der Waals surface area contributed by atoms with Gasteiger partial charge in [0.15, 0.2) is 0 Å². The number of fused-ring (bicyclic) bond motifs is 3. The Morgan fingerprint density at radius 2 is 2.04 bits per heavy atom. The number of anilines is 1. The number of alkyl halides is 1. The molecule has 27 heavy (non-hydrogen) atoms. The molecule has 0 saturated carbocycles. The Balaban J connectivity index is 1.58. The van der Waals surface area contributed by atoms with Gasteiger partial charge in [0.25, 0.3) is 0 Å². The number of halogens is 1. The lowest BCUT2D eigenvalue weighted by Gasteiger charge is -2.32. The maximum atomic E-state index is 11.5. The zero-order valence-electron chi connectivity index (χ0n) is 15.5. The van der Waals surface area contributed by atoms with Gasteiger partial charge in [-0.3, -0.25) is 0 Å². The number of furan rings is 1. The SMILES string of the molecule is CCOC(=O)OC1CCN(c2nc(CCl)nc3oc4c(c23)CCCC4)CC1. The summed E-state index contributed by atoms with van der Waals surface area (Å²) in [5, 5.41) is 1.03. The molecule has 0 atom stereocenters. The number of ether oxygens (including phenoxy) is 2. The average molecular weight is 394 g/mol. The number of hydrogen-bond acceptors (Lipinski definition) is 7. The first kappa shape index (κ1) is 18.3. The third-order valence-electron chi connectivity index (χ3n) is 5.23. The Labute approximate surface area is 163 Å². The van der Waals surface area contributed by atoms with Crippen molar-refractivity contribution in [1.82, 2.24) is 9.97 Å². The molecule has 1 saturated heterocycles. The van der Waals surface area contributed by atoms with E-state index in [4.69, 9.17) is 30.5 Å². The Hall–Kier alpha value is -2.02. The van der Waals surface area contributed by atoms with Crippen LogP contribution < -0.4 is 4.90 Å². The van der Waals surface area contributed by atoms with E-state index in [1.165, 1.54) is 5.56 Å². The summed E-state index contributed by atoms with van der Waals surface area (Å²) in [5.74, 6) is 2.77. The molecule has 7 nitrogen and oxygen atoms in total. The van der Waals surface area contributed by atoms with Gasteiger partial charge in [-0.15, -0.1) is 11.6 Å². The Bertz CT molecular complexity index is 830. The van der Waals surface area contributed by atoms with Gasteiger partial charge >= 0.3 is 6.16 Å². The van der Waals surface area contributed by atoms with E-state index in [2.05, 4.69) is 9.88 Å². The van der Waals surface area contributed by atoms with Gasteiger partial charge in [0.05, 0.1) is 17.9 Å².